The maximum Gasteiger partial charge on any atom is 0.325 e. The lowest BCUT2D eigenvalue weighted by molar-refractivity contribution is -0.130. The summed E-state index contributed by atoms with van der Waals surface area (Å²) in [6.45, 7) is 9.45. The van der Waals surface area contributed by atoms with E-state index in [1.54, 1.807) is 32.2 Å². The Morgan fingerprint density at radius 3 is 2.63 bits per heavy atom. The molecule has 3 rings (SSSR count). The number of imide groups is 1. The standard InChI is InChI=1S/C23H27N3O4/c1-6-11-25-15(2)12-18(16(25)3)19(27)14-26-21(28)23(4,24-22(26)29)13-17-9-7-8-10-20(17)30-5/h6-10,12H,1,11,13-14H2,2-5H3,(H,24,29)/t23-/m1/s1. The molecule has 0 radical (unpaired) electrons. The van der Waals surface area contributed by atoms with Crippen LogP contribution in [0.3, 0.4) is 0 Å². The summed E-state index contributed by atoms with van der Waals surface area (Å²) in [7, 11) is 1.56. The number of carbonyl (C=O) groups excluding carboxylic acids is 3. The van der Waals surface area contributed by atoms with Gasteiger partial charge in [0, 0.05) is 29.9 Å². The van der Waals surface area contributed by atoms with Crippen LogP contribution in [0.15, 0.2) is 43.0 Å². The van der Waals surface area contributed by atoms with Gasteiger partial charge in [0.1, 0.15) is 11.3 Å². The zero-order valence-corrected chi connectivity index (χ0v) is 17.8. The molecule has 1 aliphatic heterocycles. The Morgan fingerprint density at radius 1 is 1.27 bits per heavy atom. The fourth-order valence-corrected chi connectivity index (χ4v) is 3.96. The van der Waals surface area contributed by atoms with Gasteiger partial charge in [-0.25, -0.2) is 4.79 Å². The molecule has 0 saturated carbocycles. The second-order valence-electron chi connectivity index (χ2n) is 7.75. The molecule has 1 aromatic heterocycles. The molecule has 0 aliphatic carbocycles. The van der Waals surface area contributed by atoms with Crippen molar-refractivity contribution in [1.29, 1.82) is 0 Å². The fraction of sp³-hybridized carbons (Fsp3) is 0.348. The summed E-state index contributed by atoms with van der Waals surface area (Å²) in [6.07, 6.45) is 2.02. The molecule has 158 valence electrons. The zero-order valence-electron chi connectivity index (χ0n) is 17.8. The van der Waals surface area contributed by atoms with Crippen LogP contribution in [0.2, 0.25) is 0 Å². The smallest absolute Gasteiger partial charge is 0.325 e. The molecular formula is C23H27N3O4. The molecule has 1 aliphatic rings. The zero-order chi connectivity index (χ0) is 22.1. The number of rotatable bonds is 8. The minimum atomic E-state index is -1.15. The first kappa shape index (κ1) is 21.4. The molecule has 3 amide bonds. The van der Waals surface area contributed by atoms with Gasteiger partial charge in [-0.2, -0.15) is 0 Å². The van der Waals surface area contributed by atoms with Crippen LogP contribution in [0.25, 0.3) is 0 Å². The van der Waals surface area contributed by atoms with Gasteiger partial charge < -0.3 is 14.6 Å². The summed E-state index contributed by atoms with van der Waals surface area (Å²) < 4.78 is 7.33. The van der Waals surface area contributed by atoms with Crippen molar-refractivity contribution in [2.75, 3.05) is 13.7 Å². The summed E-state index contributed by atoms with van der Waals surface area (Å²) in [4.78, 5) is 39.6. The van der Waals surface area contributed by atoms with Gasteiger partial charge >= 0.3 is 6.03 Å². The van der Waals surface area contributed by atoms with Crippen LogP contribution in [0.1, 0.15) is 34.2 Å². The second-order valence-corrected chi connectivity index (χ2v) is 7.75. The van der Waals surface area contributed by atoms with Crippen molar-refractivity contribution in [2.45, 2.75) is 39.3 Å². The predicted molar refractivity (Wildman–Crippen MR) is 114 cm³/mol. The van der Waals surface area contributed by atoms with Gasteiger partial charge in [-0.3, -0.25) is 14.5 Å². The Kier molecular flexibility index (Phi) is 5.82. The third kappa shape index (κ3) is 3.75. The number of Topliss-reactive ketones (excluding diaryl/α,β-unsaturated/α-hetero) is 1. The lowest BCUT2D eigenvalue weighted by Crippen LogP contribution is -2.46. The molecule has 2 heterocycles. The van der Waals surface area contributed by atoms with Gasteiger partial charge in [0.2, 0.25) is 0 Å². The molecule has 7 nitrogen and oxygen atoms in total. The number of para-hydroxylation sites is 1. The quantitative estimate of drug-likeness (QED) is 0.413. The van der Waals surface area contributed by atoms with Crippen LogP contribution in [-0.2, 0) is 17.8 Å². The van der Waals surface area contributed by atoms with Crippen molar-refractivity contribution in [3.8, 4) is 5.75 Å². The van der Waals surface area contributed by atoms with E-state index in [1.807, 2.05) is 36.6 Å². The lowest BCUT2D eigenvalue weighted by atomic mass is 9.92. The first-order chi connectivity index (χ1) is 14.2. The van der Waals surface area contributed by atoms with E-state index in [1.165, 1.54) is 0 Å². The first-order valence-electron chi connectivity index (χ1n) is 9.78. The summed E-state index contributed by atoms with van der Waals surface area (Å²) in [5.41, 5.74) is 1.88. The van der Waals surface area contributed by atoms with Gasteiger partial charge in [0.25, 0.3) is 5.91 Å². The Bertz CT molecular complexity index is 1020. The van der Waals surface area contributed by atoms with Gasteiger partial charge in [-0.15, -0.1) is 6.58 Å². The van der Waals surface area contributed by atoms with E-state index in [2.05, 4.69) is 11.9 Å². The molecule has 0 bridgehead atoms. The van der Waals surface area contributed by atoms with E-state index in [-0.39, 0.29) is 18.7 Å². The Morgan fingerprint density at radius 2 is 1.97 bits per heavy atom. The minimum absolute atomic E-state index is 0.264. The monoisotopic (exact) mass is 409 g/mol. The number of amides is 3. The number of ketones is 1. The molecule has 0 unspecified atom stereocenters. The number of methoxy groups -OCH3 is 1. The highest BCUT2D eigenvalue weighted by Crippen LogP contribution is 2.28. The number of nitrogens with zero attached hydrogens (tertiary/aromatic N) is 2. The van der Waals surface area contributed by atoms with Crippen LogP contribution in [0, 0.1) is 13.8 Å². The maximum atomic E-state index is 13.1. The van der Waals surface area contributed by atoms with Crippen LogP contribution >= 0.6 is 0 Å². The molecule has 1 saturated heterocycles. The van der Waals surface area contributed by atoms with E-state index in [9.17, 15) is 14.4 Å². The SMILES string of the molecule is C=CCn1c(C)cc(C(=O)CN2C(=O)N[C@](C)(Cc3ccccc3OC)C2=O)c1C. The van der Waals surface area contributed by atoms with Gasteiger partial charge in [-0.1, -0.05) is 24.3 Å². The second kappa shape index (κ2) is 8.18. The number of aryl methyl sites for hydroxylation is 1. The highest BCUT2D eigenvalue weighted by atomic mass is 16.5. The van der Waals surface area contributed by atoms with Crippen molar-refractivity contribution < 1.29 is 19.1 Å². The molecule has 1 N–H and O–H groups in total. The molecule has 0 spiro atoms. The Labute approximate surface area is 176 Å². The number of benzene rings is 1. The van der Waals surface area contributed by atoms with Crippen LogP contribution in [0.5, 0.6) is 5.75 Å². The largest absolute Gasteiger partial charge is 0.496 e. The number of carbonyl (C=O) groups is 3. The van der Waals surface area contributed by atoms with Crippen LogP contribution in [0.4, 0.5) is 4.79 Å². The number of ether oxygens (including phenoxy) is 1. The Balaban J connectivity index is 1.80. The predicted octanol–water partition coefficient (Wildman–Crippen LogP) is 3.04. The van der Waals surface area contributed by atoms with Crippen molar-refractivity contribution in [3.05, 3.63) is 65.5 Å². The molecule has 2 aromatic rings. The van der Waals surface area contributed by atoms with Crippen LogP contribution < -0.4 is 10.1 Å². The summed E-state index contributed by atoms with van der Waals surface area (Å²) in [5.74, 6) is -0.0555. The number of hydrogen-bond donors (Lipinski definition) is 1. The Hall–Kier alpha value is -3.35. The fourth-order valence-electron chi connectivity index (χ4n) is 3.96. The third-order valence-electron chi connectivity index (χ3n) is 5.57. The lowest BCUT2D eigenvalue weighted by Gasteiger charge is -2.22. The number of nitrogens with one attached hydrogen (secondary N) is 1. The first-order valence-corrected chi connectivity index (χ1v) is 9.78. The van der Waals surface area contributed by atoms with Gasteiger partial charge in [0.05, 0.1) is 13.7 Å². The van der Waals surface area contributed by atoms with Crippen molar-refractivity contribution >= 4 is 17.7 Å². The van der Waals surface area contributed by atoms with Gasteiger partial charge in [0.15, 0.2) is 5.78 Å². The number of hydrogen-bond acceptors (Lipinski definition) is 4. The number of aromatic nitrogens is 1. The molecule has 30 heavy (non-hydrogen) atoms. The number of allylic oxidation sites excluding steroid dienone is 1. The number of urea groups is 1. The normalized spacial score (nSPS) is 18.5. The summed E-state index contributed by atoms with van der Waals surface area (Å²) in [5, 5.41) is 2.75. The maximum absolute atomic E-state index is 13.1. The minimum Gasteiger partial charge on any atom is -0.496 e. The molecule has 7 heteroatoms. The molecule has 1 aromatic carbocycles. The van der Waals surface area contributed by atoms with Gasteiger partial charge in [-0.05, 0) is 38.5 Å². The average molecular weight is 409 g/mol. The van der Waals surface area contributed by atoms with Crippen molar-refractivity contribution in [2.24, 2.45) is 0 Å². The van der Waals surface area contributed by atoms with E-state index >= 15 is 0 Å². The molecule has 1 fully saturated rings. The highest BCUT2D eigenvalue weighted by Gasteiger charge is 2.48. The van der Waals surface area contributed by atoms with E-state index in [0.717, 1.165) is 21.9 Å². The molecule has 1 atom stereocenters. The van der Waals surface area contributed by atoms with Crippen molar-refractivity contribution in [3.63, 3.8) is 0 Å². The molecular weight excluding hydrogens is 382 g/mol. The average Bonchev–Trinajstić information content (AvgIpc) is 3.10. The topological polar surface area (TPSA) is 80.6 Å². The summed E-state index contributed by atoms with van der Waals surface area (Å²) in [6, 6.07) is 8.57. The van der Waals surface area contributed by atoms with E-state index in [4.69, 9.17) is 4.74 Å². The summed E-state index contributed by atoms with van der Waals surface area (Å²) >= 11 is 0. The van der Waals surface area contributed by atoms with Crippen molar-refractivity contribution in [1.82, 2.24) is 14.8 Å². The van der Waals surface area contributed by atoms with E-state index < -0.39 is 17.5 Å². The third-order valence-corrected chi connectivity index (χ3v) is 5.57. The van der Waals surface area contributed by atoms with E-state index in [0.29, 0.717) is 17.9 Å². The highest BCUT2D eigenvalue weighted by molar-refractivity contribution is 6.11. The van der Waals surface area contributed by atoms with Crippen LogP contribution in [-0.4, -0.2) is 46.4 Å².